The molecule has 0 saturated carbocycles. The number of Topliss-reactive ketones (excluding diaryl/α,β-unsaturated/α-hetero) is 1. The predicted molar refractivity (Wildman–Crippen MR) is 129 cm³/mol. The molecule has 7 nitrogen and oxygen atoms in total. The minimum absolute atomic E-state index is 0.0415. The summed E-state index contributed by atoms with van der Waals surface area (Å²) in [7, 11) is 5.45. The summed E-state index contributed by atoms with van der Waals surface area (Å²) in [6.45, 7) is 2.99. The lowest BCUT2D eigenvalue weighted by Gasteiger charge is -2.26. The summed E-state index contributed by atoms with van der Waals surface area (Å²) < 4.78 is 10.6. The number of benzene rings is 2. The zero-order valence-electron chi connectivity index (χ0n) is 19.3. The Labute approximate surface area is 199 Å². The summed E-state index contributed by atoms with van der Waals surface area (Å²) in [6.07, 6.45) is 0.561. The molecule has 1 atom stereocenters. The zero-order chi connectivity index (χ0) is 24.1. The molecule has 0 radical (unpaired) electrons. The number of ketones is 1. The first-order valence-corrected chi connectivity index (χ1v) is 11.1. The van der Waals surface area contributed by atoms with E-state index in [1.807, 2.05) is 50.2 Å². The van der Waals surface area contributed by atoms with E-state index in [2.05, 4.69) is 0 Å². The standard InChI is InChI=1S/C25H29ClN2O5/c1-5-33-20-15-17(9-12-19(20)26)23(29)21-22(16-7-10-18(11-8-16)27(2)3)28(13-6-14-32-4)25(31)24(21)30/h7-12,15,22,29H,5-6,13-14H2,1-4H3/b23-21-. The van der Waals surface area contributed by atoms with Gasteiger partial charge in [0.15, 0.2) is 0 Å². The molecule has 1 unspecified atom stereocenters. The van der Waals surface area contributed by atoms with E-state index in [-0.39, 0.29) is 11.3 Å². The molecule has 1 fully saturated rings. The van der Waals surface area contributed by atoms with Crippen molar-refractivity contribution in [2.24, 2.45) is 0 Å². The quantitative estimate of drug-likeness (QED) is 0.254. The molecule has 1 saturated heterocycles. The molecular formula is C25H29ClN2O5. The highest BCUT2D eigenvalue weighted by Crippen LogP contribution is 2.40. The third-order valence-electron chi connectivity index (χ3n) is 5.52. The van der Waals surface area contributed by atoms with Crippen LogP contribution in [-0.4, -0.2) is 62.7 Å². The largest absolute Gasteiger partial charge is 0.507 e. The SMILES string of the molecule is CCOc1cc(/C(O)=C2/C(=O)C(=O)N(CCCOC)C2c2ccc(N(C)C)cc2)ccc1Cl. The summed E-state index contributed by atoms with van der Waals surface area (Å²) in [6, 6.07) is 11.6. The molecule has 176 valence electrons. The van der Waals surface area contributed by atoms with Crippen molar-refractivity contribution in [3.05, 3.63) is 64.2 Å². The van der Waals surface area contributed by atoms with Crippen molar-refractivity contribution in [1.29, 1.82) is 0 Å². The van der Waals surface area contributed by atoms with Crippen LogP contribution in [0.1, 0.15) is 30.5 Å². The molecule has 1 aliphatic heterocycles. The molecule has 2 aromatic rings. The van der Waals surface area contributed by atoms with Crippen molar-refractivity contribution in [1.82, 2.24) is 4.90 Å². The second-order valence-electron chi connectivity index (χ2n) is 7.90. The van der Waals surface area contributed by atoms with Crippen molar-refractivity contribution in [3.8, 4) is 5.75 Å². The minimum Gasteiger partial charge on any atom is -0.507 e. The molecule has 0 aliphatic carbocycles. The van der Waals surface area contributed by atoms with Crippen molar-refractivity contribution in [3.63, 3.8) is 0 Å². The highest BCUT2D eigenvalue weighted by molar-refractivity contribution is 6.46. The number of amides is 1. The second kappa shape index (κ2) is 10.7. The van der Waals surface area contributed by atoms with E-state index in [4.69, 9.17) is 21.1 Å². The molecule has 0 spiro atoms. The van der Waals surface area contributed by atoms with Crippen LogP contribution in [0.2, 0.25) is 5.02 Å². The van der Waals surface area contributed by atoms with Gasteiger partial charge in [0.1, 0.15) is 11.5 Å². The van der Waals surface area contributed by atoms with Gasteiger partial charge in [0.05, 0.1) is 23.2 Å². The molecule has 3 rings (SSSR count). The van der Waals surface area contributed by atoms with Gasteiger partial charge in [-0.3, -0.25) is 9.59 Å². The maximum Gasteiger partial charge on any atom is 0.295 e. The number of likely N-dealkylation sites (tertiary alicyclic amines) is 1. The van der Waals surface area contributed by atoms with Crippen LogP contribution in [0.25, 0.3) is 5.76 Å². The lowest BCUT2D eigenvalue weighted by Crippen LogP contribution is -2.31. The summed E-state index contributed by atoms with van der Waals surface area (Å²) >= 11 is 6.18. The number of anilines is 1. The Morgan fingerprint density at radius 2 is 1.85 bits per heavy atom. The Balaban J connectivity index is 2.12. The number of carbonyl (C=O) groups is 2. The summed E-state index contributed by atoms with van der Waals surface area (Å²) in [5, 5.41) is 11.6. The number of hydrogen-bond donors (Lipinski definition) is 1. The smallest absolute Gasteiger partial charge is 0.295 e. The zero-order valence-corrected chi connectivity index (χ0v) is 20.1. The molecule has 1 aliphatic rings. The number of hydrogen-bond acceptors (Lipinski definition) is 6. The Morgan fingerprint density at radius 3 is 2.45 bits per heavy atom. The van der Waals surface area contributed by atoms with Crippen LogP contribution in [0.15, 0.2) is 48.0 Å². The van der Waals surface area contributed by atoms with E-state index >= 15 is 0 Å². The number of methoxy groups -OCH3 is 1. The van der Waals surface area contributed by atoms with Crippen molar-refractivity contribution >= 4 is 34.7 Å². The number of carbonyl (C=O) groups excluding carboxylic acids is 2. The first-order chi connectivity index (χ1) is 15.8. The molecule has 33 heavy (non-hydrogen) atoms. The average Bonchev–Trinajstić information content (AvgIpc) is 3.05. The van der Waals surface area contributed by atoms with Gasteiger partial charge in [-0.15, -0.1) is 0 Å². The number of nitrogens with zero attached hydrogens (tertiary/aromatic N) is 2. The van der Waals surface area contributed by atoms with Crippen LogP contribution < -0.4 is 9.64 Å². The second-order valence-corrected chi connectivity index (χ2v) is 8.31. The minimum atomic E-state index is -0.723. The summed E-state index contributed by atoms with van der Waals surface area (Å²) in [5.74, 6) is -1.24. The number of aliphatic hydroxyl groups is 1. The van der Waals surface area contributed by atoms with Gasteiger partial charge in [-0.2, -0.15) is 0 Å². The molecule has 1 amide bonds. The Bertz CT molecular complexity index is 1050. The lowest BCUT2D eigenvalue weighted by molar-refractivity contribution is -0.140. The fourth-order valence-corrected chi connectivity index (χ4v) is 4.04. The average molecular weight is 473 g/mol. The van der Waals surface area contributed by atoms with Gasteiger partial charge in [-0.1, -0.05) is 23.7 Å². The third kappa shape index (κ3) is 5.15. The molecule has 8 heteroatoms. The first kappa shape index (κ1) is 24.6. The summed E-state index contributed by atoms with van der Waals surface area (Å²) in [5.41, 5.74) is 2.11. The van der Waals surface area contributed by atoms with Gasteiger partial charge in [0, 0.05) is 45.6 Å². The Kier molecular flexibility index (Phi) is 8.00. The topological polar surface area (TPSA) is 79.3 Å². The van der Waals surface area contributed by atoms with Crippen molar-refractivity contribution < 1.29 is 24.2 Å². The fourth-order valence-electron chi connectivity index (χ4n) is 3.86. The highest BCUT2D eigenvalue weighted by atomic mass is 35.5. The Hall–Kier alpha value is -3.03. The van der Waals surface area contributed by atoms with Gasteiger partial charge >= 0.3 is 0 Å². The van der Waals surface area contributed by atoms with Gasteiger partial charge < -0.3 is 24.4 Å². The normalized spacial score (nSPS) is 17.5. The maximum absolute atomic E-state index is 13.1. The van der Waals surface area contributed by atoms with Gasteiger partial charge in [0.2, 0.25) is 0 Å². The molecular weight excluding hydrogens is 444 g/mol. The maximum atomic E-state index is 13.1. The van der Waals surface area contributed by atoms with Gasteiger partial charge in [0.25, 0.3) is 11.7 Å². The van der Waals surface area contributed by atoms with Crippen LogP contribution in [0.3, 0.4) is 0 Å². The van der Waals surface area contributed by atoms with E-state index in [0.29, 0.717) is 42.5 Å². The van der Waals surface area contributed by atoms with E-state index in [0.717, 1.165) is 11.3 Å². The molecule has 0 bridgehead atoms. The molecule has 1 N–H and O–H groups in total. The van der Waals surface area contributed by atoms with Crippen LogP contribution in [-0.2, 0) is 14.3 Å². The van der Waals surface area contributed by atoms with E-state index in [1.54, 1.807) is 25.3 Å². The first-order valence-electron chi connectivity index (χ1n) is 10.8. The van der Waals surface area contributed by atoms with Crippen LogP contribution in [0, 0.1) is 0 Å². The lowest BCUT2D eigenvalue weighted by atomic mass is 9.95. The molecule has 1 heterocycles. The monoisotopic (exact) mass is 472 g/mol. The number of halogens is 1. The number of ether oxygens (including phenoxy) is 2. The van der Waals surface area contributed by atoms with Crippen LogP contribution in [0.4, 0.5) is 5.69 Å². The number of aliphatic hydroxyl groups excluding tert-OH is 1. The Morgan fingerprint density at radius 1 is 1.15 bits per heavy atom. The van der Waals surface area contributed by atoms with Gasteiger partial charge in [-0.25, -0.2) is 0 Å². The van der Waals surface area contributed by atoms with E-state index in [9.17, 15) is 14.7 Å². The van der Waals surface area contributed by atoms with Crippen LogP contribution in [0.5, 0.6) is 5.75 Å². The third-order valence-corrected chi connectivity index (χ3v) is 5.83. The van der Waals surface area contributed by atoms with Crippen molar-refractivity contribution in [2.75, 3.05) is 45.9 Å². The van der Waals surface area contributed by atoms with Crippen molar-refractivity contribution in [2.45, 2.75) is 19.4 Å². The van der Waals surface area contributed by atoms with Gasteiger partial charge in [-0.05, 0) is 49.2 Å². The van der Waals surface area contributed by atoms with E-state index < -0.39 is 17.7 Å². The highest BCUT2D eigenvalue weighted by Gasteiger charge is 2.45. The molecule has 0 aromatic heterocycles. The predicted octanol–water partition coefficient (Wildman–Crippen LogP) is 4.26. The van der Waals surface area contributed by atoms with Crippen LogP contribution >= 0.6 is 11.6 Å². The summed E-state index contributed by atoms with van der Waals surface area (Å²) in [4.78, 5) is 29.5. The molecule has 2 aromatic carbocycles. The van der Waals surface area contributed by atoms with E-state index in [1.165, 1.54) is 4.90 Å². The fraction of sp³-hybridized carbons (Fsp3) is 0.360. The number of rotatable bonds is 9.